The highest BCUT2D eigenvalue weighted by molar-refractivity contribution is 7.17. The van der Waals surface area contributed by atoms with Crippen molar-refractivity contribution >= 4 is 44.9 Å². The molecule has 1 unspecified atom stereocenters. The molecule has 7 aromatic rings. The Bertz CT molecular complexity index is 2120. The maximum absolute atomic E-state index is 16.2. The van der Waals surface area contributed by atoms with Crippen molar-refractivity contribution in [2.45, 2.75) is 19.6 Å². The number of ketones is 1. The topological polar surface area (TPSA) is 145 Å². The van der Waals surface area contributed by atoms with Crippen LogP contribution in [0.4, 0.5) is 10.1 Å². The standard InChI is InChI=1S/C31H23FN8O2S/c1-16(41)22-7-8-23(43-22)20-9-10-34-30-28(20)37-31(38-30)29-25-21(39-40-29)15-35-27(26(25)32)18-12-19(14-33-13-18)36-24(42)11-17-5-3-2-4-6-17/h2-10,12-15,24,36,42H,11H2,1H3,(H,39,40)(H,34,37,38). The molecular weight excluding hydrogens is 567 g/mol. The van der Waals surface area contributed by atoms with Crippen LogP contribution in [-0.4, -0.2) is 52.2 Å². The number of thiophene rings is 1. The van der Waals surface area contributed by atoms with Crippen LogP contribution in [0.5, 0.6) is 0 Å². The van der Waals surface area contributed by atoms with E-state index in [2.05, 4.69) is 40.4 Å². The van der Waals surface area contributed by atoms with Crippen LogP contribution in [0.3, 0.4) is 0 Å². The van der Waals surface area contributed by atoms with Crippen LogP contribution in [0.25, 0.3) is 55.3 Å². The van der Waals surface area contributed by atoms with Crippen LogP contribution in [-0.2, 0) is 6.42 Å². The van der Waals surface area contributed by atoms with Crippen molar-refractivity contribution in [2.24, 2.45) is 0 Å². The second-order valence-electron chi connectivity index (χ2n) is 9.96. The summed E-state index contributed by atoms with van der Waals surface area (Å²) in [5.41, 5.74) is 4.59. The average molecular weight is 591 g/mol. The summed E-state index contributed by atoms with van der Waals surface area (Å²) in [6.45, 7) is 1.53. The molecule has 0 fully saturated rings. The minimum absolute atomic E-state index is 0.00499. The van der Waals surface area contributed by atoms with E-state index in [4.69, 9.17) is 0 Å². The number of aromatic nitrogens is 7. The Kier molecular flexibility index (Phi) is 6.68. The average Bonchev–Trinajstić information content (AvgIpc) is 3.76. The Morgan fingerprint density at radius 1 is 1.07 bits per heavy atom. The second-order valence-corrected chi connectivity index (χ2v) is 11.0. The van der Waals surface area contributed by atoms with E-state index in [1.54, 1.807) is 24.5 Å². The number of aliphatic hydroxyl groups excluding tert-OH is 1. The van der Waals surface area contributed by atoms with E-state index in [1.807, 2.05) is 42.5 Å². The van der Waals surface area contributed by atoms with Gasteiger partial charge in [0, 0.05) is 34.8 Å². The summed E-state index contributed by atoms with van der Waals surface area (Å²) in [6, 6.07) is 16.8. The molecule has 1 aromatic carbocycles. The van der Waals surface area contributed by atoms with Crippen LogP contribution >= 0.6 is 11.3 Å². The molecule has 7 rings (SSSR count). The number of nitrogens with one attached hydrogen (secondary N) is 3. The van der Waals surface area contributed by atoms with Crippen molar-refractivity contribution in [3.05, 3.63) is 95.6 Å². The predicted molar refractivity (Wildman–Crippen MR) is 163 cm³/mol. The smallest absolute Gasteiger partial charge is 0.178 e. The fourth-order valence-corrected chi connectivity index (χ4v) is 5.91. The van der Waals surface area contributed by atoms with E-state index >= 15 is 4.39 Å². The highest BCUT2D eigenvalue weighted by Gasteiger charge is 2.22. The zero-order chi connectivity index (χ0) is 29.5. The van der Waals surface area contributed by atoms with Gasteiger partial charge in [0.1, 0.15) is 17.6 Å². The predicted octanol–water partition coefficient (Wildman–Crippen LogP) is 6.00. The molecule has 212 valence electrons. The molecule has 0 radical (unpaired) electrons. The molecule has 0 aliphatic heterocycles. The van der Waals surface area contributed by atoms with E-state index in [0.29, 0.717) is 45.1 Å². The van der Waals surface area contributed by atoms with E-state index in [-0.39, 0.29) is 22.6 Å². The summed E-state index contributed by atoms with van der Waals surface area (Å²) in [6.07, 6.45) is 5.75. The Morgan fingerprint density at radius 3 is 2.74 bits per heavy atom. The molecule has 0 amide bonds. The fraction of sp³-hybridized carbons (Fsp3) is 0.0968. The Labute approximate surface area is 247 Å². The number of halogens is 1. The molecule has 10 nitrogen and oxygen atoms in total. The molecule has 12 heteroatoms. The first-order valence-corrected chi connectivity index (χ1v) is 14.2. The molecule has 4 N–H and O–H groups in total. The van der Waals surface area contributed by atoms with Gasteiger partial charge in [-0.1, -0.05) is 30.3 Å². The minimum atomic E-state index is -0.866. The van der Waals surface area contributed by atoms with Gasteiger partial charge in [0.05, 0.1) is 39.4 Å². The first kappa shape index (κ1) is 26.6. The number of pyridine rings is 3. The third-order valence-electron chi connectivity index (χ3n) is 7.00. The Hall–Kier alpha value is -5.33. The molecular formula is C31H23FN8O2S. The lowest BCUT2D eigenvalue weighted by molar-refractivity contribution is 0.102. The van der Waals surface area contributed by atoms with Crippen LogP contribution < -0.4 is 5.32 Å². The van der Waals surface area contributed by atoms with E-state index < -0.39 is 12.0 Å². The van der Waals surface area contributed by atoms with Gasteiger partial charge in [-0.2, -0.15) is 5.10 Å². The number of benzene rings is 1. The number of H-pyrrole nitrogens is 2. The number of hydrogen-bond donors (Lipinski definition) is 4. The summed E-state index contributed by atoms with van der Waals surface area (Å²) in [7, 11) is 0. The highest BCUT2D eigenvalue weighted by Crippen LogP contribution is 2.36. The molecule has 1 atom stereocenters. The number of carbonyl (C=O) groups is 1. The SMILES string of the molecule is CC(=O)c1ccc(-c2ccnc3nc(-c4n[nH]c5cnc(-c6cncc(NC(O)Cc7ccccc7)c6)c(F)c45)[nH]c23)s1. The summed E-state index contributed by atoms with van der Waals surface area (Å²) >= 11 is 1.38. The molecule has 0 saturated carbocycles. The van der Waals surface area contributed by atoms with Crippen LogP contribution in [0, 0.1) is 5.82 Å². The Morgan fingerprint density at radius 2 is 1.93 bits per heavy atom. The number of anilines is 1. The van der Waals surface area contributed by atoms with Crippen LogP contribution in [0.1, 0.15) is 22.2 Å². The summed E-state index contributed by atoms with van der Waals surface area (Å²) in [5.74, 6) is -0.268. The lowest BCUT2D eigenvalue weighted by Crippen LogP contribution is -2.21. The van der Waals surface area contributed by atoms with Crippen LogP contribution in [0.2, 0.25) is 0 Å². The van der Waals surface area contributed by atoms with Crippen molar-refractivity contribution in [1.29, 1.82) is 0 Å². The van der Waals surface area contributed by atoms with Gasteiger partial charge < -0.3 is 15.4 Å². The van der Waals surface area contributed by atoms with Gasteiger partial charge >= 0.3 is 0 Å². The third kappa shape index (κ3) is 5.02. The summed E-state index contributed by atoms with van der Waals surface area (Å²) in [5, 5.41) is 21.0. The zero-order valence-electron chi connectivity index (χ0n) is 22.7. The number of aromatic amines is 2. The van der Waals surface area contributed by atoms with Gasteiger partial charge in [0.25, 0.3) is 0 Å². The van der Waals surface area contributed by atoms with Gasteiger partial charge in [0.2, 0.25) is 0 Å². The molecule has 43 heavy (non-hydrogen) atoms. The highest BCUT2D eigenvalue weighted by atomic mass is 32.1. The first-order valence-electron chi connectivity index (χ1n) is 13.4. The van der Waals surface area contributed by atoms with Crippen molar-refractivity contribution in [2.75, 3.05) is 5.32 Å². The maximum atomic E-state index is 16.2. The fourth-order valence-electron chi connectivity index (χ4n) is 4.98. The monoisotopic (exact) mass is 590 g/mol. The number of Topliss-reactive ketones (excluding diaryl/α,β-unsaturated/α-hetero) is 1. The molecule has 0 aliphatic carbocycles. The van der Waals surface area contributed by atoms with Gasteiger partial charge in [-0.3, -0.25) is 19.9 Å². The summed E-state index contributed by atoms with van der Waals surface area (Å²) < 4.78 is 16.2. The zero-order valence-corrected chi connectivity index (χ0v) is 23.5. The second kappa shape index (κ2) is 10.8. The maximum Gasteiger partial charge on any atom is 0.178 e. The normalized spacial score (nSPS) is 12.2. The molecule has 0 spiro atoms. The number of aliphatic hydroxyl groups is 1. The van der Waals surface area contributed by atoms with E-state index in [0.717, 1.165) is 16.0 Å². The molecule has 6 aromatic heterocycles. The third-order valence-corrected chi connectivity index (χ3v) is 8.22. The quantitative estimate of drug-likeness (QED) is 0.125. The lowest BCUT2D eigenvalue weighted by Gasteiger charge is -2.15. The number of carbonyl (C=O) groups excluding carboxylic acids is 1. The largest absolute Gasteiger partial charge is 0.373 e. The van der Waals surface area contributed by atoms with Crippen molar-refractivity contribution in [3.63, 3.8) is 0 Å². The van der Waals surface area contributed by atoms with E-state index in [9.17, 15) is 9.90 Å². The Balaban J connectivity index is 1.23. The molecule has 0 aliphatic rings. The number of fused-ring (bicyclic) bond motifs is 2. The molecule has 6 heterocycles. The minimum Gasteiger partial charge on any atom is -0.373 e. The van der Waals surface area contributed by atoms with Gasteiger partial charge in [-0.25, -0.2) is 14.4 Å². The number of hydrogen-bond acceptors (Lipinski definition) is 9. The van der Waals surface area contributed by atoms with Crippen molar-refractivity contribution < 1.29 is 14.3 Å². The van der Waals surface area contributed by atoms with Crippen molar-refractivity contribution in [3.8, 4) is 33.2 Å². The molecule has 0 bridgehead atoms. The molecule has 0 saturated heterocycles. The first-order chi connectivity index (χ1) is 20.9. The van der Waals surface area contributed by atoms with Gasteiger partial charge in [-0.05, 0) is 36.8 Å². The number of rotatable bonds is 8. The number of nitrogens with zero attached hydrogens (tertiary/aromatic N) is 5. The van der Waals surface area contributed by atoms with Crippen LogP contribution in [0.15, 0.2) is 79.4 Å². The number of imidazole rings is 1. The van der Waals surface area contributed by atoms with E-state index in [1.165, 1.54) is 30.7 Å². The van der Waals surface area contributed by atoms with Crippen molar-refractivity contribution in [1.82, 2.24) is 35.1 Å². The van der Waals surface area contributed by atoms with Gasteiger partial charge in [0.15, 0.2) is 23.1 Å². The lowest BCUT2D eigenvalue weighted by atomic mass is 10.1. The van der Waals surface area contributed by atoms with Gasteiger partial charge in [-0.15, -0.1) is 11.3 Å². The summed E-state index contributed by atoms with van der Waals surface area (Å²) in [4.78, 5) is 34.2.